The molecule has 1 aromatic heterocycles. The Bertz CT molecular complexity index is 641. The van der Waals surface area contributed by atoms with Crippen LogP contribution in [0.15, 0.2) is 34.5 Å². The minimum Gasteiger partial charge on any atom is -0.395 e. The van der Waals surface area contributed by atoms with Gasteiger partial charge in [0.05, 0.1) is 6.61 Å². The van der Waals surface area contributed by atoms with Gasteiger partial charge in [-0.15, -0.1) is 23.1 Å². The highest BCUT2D eigenvalue weighted by Gasteiger charge is 2.06. The second-order valence-corrected chi connectivity index (χ2v) is 5.95. The van der Waals surface area contributed by atoms with Gasteiger partial charge in [0.2, 0.25) is 0 Å². The molecule has 2 rings (SSSR count). The molecule has 0 radical (unpaired) electrons. The average molecular weight is 310 g/mol. The Kier molecular flexibility index (Phi) is 5.60. The number of benzene rings is 1. The number of thiophene rings is 1. The number of aliphatic hydroxyl groups is 1. The summed E-state index contributed by atoms with van der Waals surface area (Å²) in [5.41, 5.74) is 0.902. The van der Waals surface area contributed by atoms with Crippen molar-refractivity contribution in [2.75, 3.05) is 6.61 Å². The smallest absolute Gasteiger partial charge is 0.139 e. The van der Waals surface area contributed by atoms with Crippen molar-refractivity contribution in [2.45, 2.75) is 17.1 Å². The second-order valence-electron chi connectivity index (χ2n) is 3.94. The van der Waals surface area contributed by atoms with Gasteiger partial charge in [0.25, 0.3) is 0 Å². The van der Waals surface area contributed by atoms with E-state index in [1.54, 1.807) is 11.3 Å². The van der Waals surface area contributed by atoms with Crippen LogP contribution in [0.1, 0.15) is 16.9 Å². The monoisotopic (exact) mass is 310 g/mol. The van der Waals surface area contributed by atoms with Gasteiger partial charge in [0, 0.05) is 39.0 Å². The molecule has 0 bridgehead atoms. The highest BCUT2D eigenvalue weighted by molar-refractivity contribution is 7.98. The summed E-state index contributed by atoms with van der Waals surface area (Å²) in [6.45, 7) is 0.0592. The van der Waals surface area contributed by atoms with Crippen molar-refractivity contribution in [1.82, 2.24) is 0 Å². The van der Waals surface area contributed by atoms with Crippen LogP contribution in [-0.4, -0.2) is 11.7 Å². The summed E-state index contributed by atoms with van der Waals surface area (Å²) in [6, 6.07) is 5.54. The number of rotatable bonds is 4. The van der Waals surface area contributed by atoms with Crippen LogP contribution >= 0.6 is 23.1 Å². The zero-order valence-corrected chi connectivity index (χ0v) is 12.2. The normalized spacial score (nSPS) is 10.2. The zero-order valence-electron chi connectivity index (χ0n) is 10.5. The van der Waals surface area contributed by atoms with E-state index in [4.69, 9.17) is 5.11 Å². The van der Waals surface area contributed by atoms with Gasteiger partial charge < -0.3 is 5.11 Å². The zero-order chi connectivity index (χ0) is 14.4. The van der Waals surface area contributed by atoms with Crippen LogP contribution in [0, 0.1) is 23.5 Å². The Balaban J connectivity index is 1.96. The lowest BCUT2D eigenvalue weighted by atomic mass is 10.3. The molecule has 1 aromatic carbocycles. The van der Waals surface area contributed by atoms with Crippen molar-refractivity contribution >= 4 is 23.1 Å². The third-order valence-corrected chi connectivity index (χ3v) is 4.60. The molecule has 20 heavy (non-hydrogen) atoms. The predicted octanol–water partition coefficient (Wildman–Crippen LogP) is 4.05. The van der Waals surface area contributed by atoms with E-state index in [2.05, 4.69) is 11.8 Å². The molecule has 0 fully saturated rings. The van der Waals surface area contributed by atoms with Crippen LogP contribution < -0.4 is 0 Å². The third kappa shape index (κ3) is 4.34. The SMILES string of the molecule is OCCC#Cc1csc(CSc2ccc(F)cc2F)c1. The standard InChI is InChI=1S/C15H12F2OS2/c16-12-4-5-15(14(17)8-12)20-10-13-7-11(9-19-13)3-1-2-6-18/h4-5,7-9,18H,2,6,10H2. The summed E-state index contributed by atoms with van der Waals surface area (Å²) in [5, 5.41) is 10.6. The highest BCUT2D eigenvalue weighted by atomic mass is 32.2. The molecule has 1 nitrogen and oxygen atoms in total. The van der Waals surface area contributed by atoms with Gasteiger partial charge in [0.15, 0.2) is 0 Å². The molecule has 2 aromatic rings. The van der Waals surface area contributed by atoms with Crippen molar-refractivity contribution in [1.29, 1.82) is 0 Å². The molecule has 0 aliphatic heterocycles. The fourth-order valence-electron chi connectivity index (χ4n) is 1.48. The summed E-state index contributed by atoms with van der Waals surface area (Å²) in [4.78, 5) is 1.51. The van der Waals surface area contributed by atoms with Gasteiger partial charge in [-0.2, -0.15) is 0 Å². The number of thioether (sulfide) groups is 1. The Morgan fingerprint density at radius 1 is 1.25 bits per heavy atom. The largest absolute Gasteiger partial charge is 0.395 e. The van der Waals surface area contributed by atoms with Gasteiger partial charge in [0.1, 0.15) is 11.6 Å². The van der Waals surface area contributed by atoms with E-state index in [0.717, 1.165) is 16.5 Å². The summed E-state index contributed by atoms with van der Waals surface area (Å²) in [6.07, 6.45) is 0.459. The summed E-state index contributed by atoms with van der Waals surface area (Å²) in [5.74, 6) is 5.32. The summed E-state index contributed by atoms with van der Waals surface area (Å²) < 4.78 is 26.2. The molecule has 1 heterocycles. The molecule has 1 N–H and O–H groups in total. The van der Waals surface area contributed by atoms with E-state index in [1.807, 2.05) is 11.4 Å². The molecule has 0 unspecified atom stereocenters. The van der Waals surface area contributed by atoms with Gasteiger partial charge in [-0.3, -0.25) is 0 Å². The first kappa shape index (κ1) is 15.0. The minimum absolute atomic E-state index is 0.0592. The molecule has 0 saturated carbocycles. The number of hydrogen-bond acceptors (Lipinski definition) is 3. The molecular weight excluding hydrogens is 298 g/mol. The van der Waals surface area contributed by atoms with Crippen molar-refractivity contribution in [3.05, 3.63) is 51.7 Å². The minimum atomic E-state index is -0.565. The first-order valence-corrected chi connectivity index (χ1v) is 7.80. The molecule has 0 aliphatic carbocycles. The molecule has 104 valence electrons. The first-order valence-electron chi connectivity index (χ1n) is 5.94. The topological polar surface area (TPSA) is 20.2 Å². The van der Waals surface area contributed by atoms with Crippen molar-refractivity contribution in [3.63, 3.8) is 0 Å². The maximum absolute atomic E-state index is 13.5. The van der Waals surface area contributed by atoms with E-state index < -0.39 is 11.6 Å². The van der Waals surface area contributed by atoms with Crippen LogP contribution in [0.4, 0.5) is 8.78 Å². The van der Waals surface area contributed by atoms with Crippen molar-refractivity contribution in [3.8, 4) is 11.8 Å². The van der Waals surface area contributed by atoms with E-state index in [-0.39, 0.29) is 6.61 Å². The lowest BCUT2D eigenvalue weighted by Gasteiger charge is -2.01. The summed E-state index contributed by atoms with van der Waals surface area (Å²) >= 11 is 2.88. The second kappa shape index (κ2) is 7.44. The van der Waals surface area contributed by atoms with Crippen LogP contribution in [0.25, 0.3) is 0 Å². The Morgan fingerprint density at radius 3 is 2.85 bits per heavy atom. The van der Waals surface area contributed by atoms with E-state index in [9.17, 15) is 8.78 Å². The van der Waals surface area contributed by atoms with Crippen molar-refractivity contribution < 1.29 is 13.9 Å². The van der Waals surface area contributed by atoms with Gasteiger partial charge >= 0.3 is 0 Å². The van der Waals surface area contributed by atoms with Gasteiger partial charge in [-0.05, 0) is 18.2 Å². The molecule has 0 amide bonds. The molecule has 0 spiro atoms. The summed E-state index contributed by atoms with van der Waals surface area (Å²) in [7, 11) is 0. The van der Waals surface area contributed by atoms with Crippen LogP contribution in [-0.2, 0) is 5.75 Å². The van der Waals surface area contributed by atoms with Gasteiger partial charge in [-0.1, -0.05) is 11.8 Å². The maximum atomic E-state index is 13.5. The average Bonchev–Trinajstić information content (AvgIpc) is 2.86. The predicted molar refractivity (Wildman–Crippen MR) is 78.8 cm³/mol. The number of hydrogen-bond donors (Lipinski definition) is 1. The number of aliphatic hydroxyl groups excluding tert-OH is 1. The maximum Gasteiger partial charge on any atom is 0.139 e. The number of halogens is 2. The van der Waals surface area contributed by atoms with E-state index >= 15 is 0 Å². The van der Waals surface area contributed by atoms with E-state index in [0.29, 0.717) is 17.1 Å². The quantitative estimate of drug-likeness (QED) is 0.679. The van der Waals surface area contributed by atoms with Crippen LogP contribution in [0.2, 0.25) is 0 Å². The first-order chi connectivity index (χ1) is 9.69. The third-order valence-electron chi connectivity index (χ3n) is 2.39. The molecular formula is C15H12F2OS2. The fourth-order valence-corrected chi connectivity index (χ4v) is 3.27. The molecule has 5 heteroatoms. The van der Waals surface area contributed by atoms with Crippen LogP contribution in [0.5, 0.6) is 0 Å². The highest BCUT2D eigenvalue weighted by Crippen LogP contribution is 2.28. The van der Waals surface area contributed by atoms with Crippen LogP contribution in [0.3, 0.4) is 0 Å². The lowest BCUT2D eigenvalue weighted by molar-refractivity contribution is 0.305. The van der Waals surface area contributed by atoms with Gasteiger partial charge in [-0.25, -0.2) is 8.78 Å². The molecule has 0 atom stereocenters. The fraction of sp³-hybridized carbons (Fsp3) is 0.200. The molecule has 0 aliphatic rings. The Morgan fingerprint density at radius 2 is 2.10 bits per heavy atom. The van der Waals surface area contributed by atoms with E-state index in [1.165, 1.54) is 23.9 Å². The Hall–Kier alpha value is -1.35. The lowest BCUT2D eigenvalue weighted by Crippen LogP contribution is -1.84. The van der Waals surface area contributed by atoms with Crippen molar-refractivity contribution in [2.24, 2.45) is 0 Å². The Labute approximate surface area is 124 Å². The molecule has 0 saturated heterocycles.